The summed E-state index contributed by atoms with van der Waals surface area (Å²) in [6, 6.07) is 12.3. The number of hydrogen-bond donors (Lipinski definition) is 2. The molecule has 0 aliphatic carbocycles. The van der Waals surface area contributed by atoms with Gasteiger partial charge in [-0.25, -0.2) is 9.66 Å². The van der Waals surface area contributed by atoms with Gasteiger partial charge < -0.3 is 4.98 Å². The fraction of sp³-hybridized carbons (Fsp3) is 0.111. The molecule has 6 nitrogen and oxygen atoms in total. The second-order valence-electron chi connectivity index (χ2n) is 6.15. The predicted molar refractivity (Wildman–Crippen MR) is 106 cm³/mol. The lowest BCUT2D eigenvalue weighted by Gasteiger charge is -2.12. The smallest absolute Gasteiger partial charge is 0.210 e. The molecular formula is C18H14N6S2. The lowest BCUT2D eigenvalue weighted by molar-refractivity contribution is 0.824. The van der Waals surface area contributed by atoms with Crippen LogP contribution >= 0.6 is 24.0 Å². The average molecular weight is 378 g/mol. The quantitative estimate of drug-likeness (QED) is 0.480. The highest BCUT2D eigenvalue weighted by Crippen LogP contribution is 2.33. The summed E-state index contributed by atoms with van der Waals surface area (Å²) in [5.74, 6) is 2.27. The van der Waals surface area contributed by atoms with Gasteiger partial charge in [-0.2, -0.15) is 0 Å². The molecule has 2 N–H and O–H groups in total. The van der Waals surface area contributed by atoms with Crippen molar-refractivity contribution >= 4 is 40.7 Å². The number of rotatable bonds is 1. The summed E-state index contributed by atoms with van der Waals surface area (Å²) in [5.41, 5.74) is 7.54. The summed E-state index contributed by atoms with van der Waals surface area (Å²) in [6.45, 7) is 2.09. The fourth-order valence-corrected chi connectivity index (χ4v) is 4.12. The molecule has 0 unspecified atom stereocenters. The van der Waals surface area contributed by atoms with Gasteiger partial charge >= 0.3 is 0 Å². The number of hydrogen-bond acceptors (Lipinski definition) is 6. The number of nitrogens with one attached hydrogen (secondary N) is 2. The van der Waals surface area contributed by atoms with Gasteiger partial charge in [-0.15, -0.1) is 10.2 Å². The summed E-state index contributed by atoms with van der Waals surface area (Å²) < 4.78 is 2.49. The molecule has 0 saturated heterocycles. The molecule has 8 heteroatoms. The summed E-state index contributed by atoms with van der Waals surface area (Å²) in [5, 5.41) is 10.6. The van der Waals surface area contributed by atoms with E-state index in [0.29, 0.717) is 10.5 Å². The fourth-order valence-electron chi connectivity index (χ4n) is 3.03. The van der Waals surface area contributed by atoms with Crippen molar-refractivity contribution in [2.45, 2.75) is 17.8 Å². The molecule has 3 aromatic heterocycles. The number of thioether (sulfide) groups is 1. The molecule has 4 aromatic rings. The molecule has 26 heavy (non-hydrogen) atoms. The minimum atomic E-state index is 0.626. The van der Waals surface area contributed by atoms with Gasteiger partial charge in [0.15, 0.2) is 5.82 Å². The first-order valence-electron chi connectivity index (χ1n) is 8.13. The van der Waals surface area contributed by atoms with Crippen LogP contribution in [0.1, 0.15) is 11.1 Å². The summed E-state index contributed by atoms with van der Waals surface area (Å²) >= 11 is 7.03. The molecule has 5 rings (SSSR count). The van der Waals surface area contributed by atoms with Gasteiger partial charge in [0.2, 0.25) is 5.16 Å². The van der Waals surface area contributed by atoms with Crippen LogP contribution in [0.3, 0.4) is 0 Å². The molecule has 1 aliphatic rings. The number of pyridine rings is 2. The molecule has 0 bridgehead atoms. The van der Waals surface area contributed by atoms with Crippen molar-refractivity contribution in [3.8, 4) is 11.4 Å². The molecule has 0 spiro atoms. The molecule has 0 radical (unpaired) electrons. The van der Waals surface area contributed by atoms with Crippen molar-refractivity contribution < 1.29 is 0 Å². The molecule has 0 amide bonds. The Kier molecular flexibility index (Phi) is 3.54. The standard InChI is InChI=1S/C18H14N6S2/c1-10-4-5-14-11(7-10)8-12-9-26-18-22-21-16(24(18)23-15(12)20-14)13-3-2-6-19-17(13)25/h2-8H,9H2,1H3,(H,19,25)(H,20,23). The maximum atomic E-state index is 5.41. The number of nitrogens with zero attached hydrogens (tertiary/aromatic N) is 4. The van der Waals surface area contributed by atoms with E-state index in [-0.39, 0.29) is 0 Å². The van der Waals surface area contributed by atoms with Gasteiger partial charge in [-0.1, -0.05) is 35.6 Å². The Morgan fingerprint density at radius 3 is 3.00 bits per heavy atom. The van der Waals surface area contributed by atoms with E-state index in [4.69, 9.17) is 17.2 Å². The van der Waals surface area contributed by atoms with Gasteiger partial charge in [-0.05, 0) is 37.3 Å². The summed E-state index contributed by atoms with van der Waals surface area (Å²) in [6.07, 6.45) is 1.80. The molecule has 0 fully saturated rings. The molecule has 1 aromatic carbocycles. The number of benzene rings is 1. The maximum absolute atomic E-state index is 5.41. The molecule has 128 valence electrons. The van der Waals surface area contributed by atoms with Crippen LogP contribution in [0.4, 0.5) is 5.82 Å². The lowest BCUT2D eigenvalue weighted by Crippen LogP contribution is -2.13. The van der Waals surface area contributed by atoms with Gasteiger partial charge in [0.25, 0.3) is 0 Å². The summed E-state index contributed by atoms with van der Waals surface area (Å²) in [4.78, 5) is 7.86. The van der Waals surface area contributed by atoms with Crippen molar-refractivity contribution in [3.63, 3.8) is 0 Å². The Morgan fingerprint density at radius 1 is 1.19 bits per heavy atom. The highest BCUT2D eigenvalue weighted by Gasteiger charge is 2.21. The van der Waals surface area contributed by atoms with E-state index in [0.717, 1.165) is 38.8 Å². The number of aryl methyl sites for hydroxylation is 1. The minimum Gasteiger partial charge on any atom is -0.352 e. The third-order valence-electron chi connectivity index (χ3n) is 4.32. The number of anilines is 1. The van der Waals surface area contributed by atoms with Crippen LogP contribution in [0.2, 0.25) is 0 Å². The van der Waals surface area contributed by atoms with Gasteiger partial charge in [0.1, 0.15) is 10.5 Å². The topological polar surface area (TPSA) is 71.4 Å². The second kappa shape index (κ2) is 5.93. The number of H-pyrrole nitrogens is 1. The van der Waals surface area contributed by atoms with Crippen molar-refractivity contribution in [2.75, 3.05) is 5.43 Å². The van der Waals surface area contributed by atoms with Crippen LogP contribution in [-0.4, -0.2) is 24.8 Å². The Labute approximate surface area is 158 Å². The van der Waals surface area contributed by atoms with Crippen molar-refractivity contribution in [1.82, 2.24) is 24.8 Å². The molecule has 4 heterocycles. The van der Waals surface area contributed by atoms with Gasteiger partial charge in [-0.3, -0.25) is 5.43 Å². The zero-order chi connectivity index (χ0) is 17.7. The van der Waals surface area contributed by atoms with Crippen LogP contribution in [0.5, 0.6) is 0 Å². The third-order valence-corrected chi connectivity index (χ3v) is 5.63. The van der Waals surface area contributed by atoms with E-state index < -0.39 is 0 Å². The zero-order valence-corrected chi connectivity index (χ0v) is 15.5. The Bertz CT molecular complexity index is 1210. The van der Waals surface area contributed by atoms with Gasteiger partial charge in [0.05, 0.1) is 11.1 Å². The first-order valence-corrected chi connectivity index (χ1v) is 9.52. The highest BCUT2D eigenvalue weighted by atomic mass is 32.2. The monoisotopic (exact) mass is 378 g/mol. The van der Waals surface area contributed by atoms with Crippen LogP contribution in [0.25, 0.3) is 22.3 Å². The minimum absolute atomic E-state index is 0.626. The molecule has 0 saturated carbocycles. The van der Waals surface area contributed by atoms with E-state index in [1.54, 1.807) is 18.0 Å². The number of aromatic nitrogens is 5. The highest BCUT2D eigenvalue weighted by molar-refractivity contribution is 7.98. The number of aromatic amines is 1. The summed E-state index contributed by atoms with van der Waals surface area (Å²) in [7, 11) is 0. The Balaban J connectivity index is 1.66. The largest absolute Gasteiger partial charge is 0.352 e. The SMILES string of the molecule is Cc1ccc2nc3c(cc2c1)CSc1nnc(-c2ccc[nH]c2=S)n1N3. The zero-order valence-electron chi connectivity index (χ0n) is 13.9. The Morgan fingerprint density at radius 2 is 2.12 bits per heavy atom. The van der Waals surface area contributed by atoms with Crippen LogP contribution in [-0.2, 0) is 5.75 Å². The molecule has 0 atom stereocenters. The third kappa shape index (κ3) is 2.49. The van der Waals surface area contributed by atoms with E-state index in [1.165, 1.54) is 5.56 Å². The second-order valence-corrected chi connectivity index (χ2v) is 7.50. The average Bonchev–Trinajstić information content (AvgIpc) is 2.94. The van der Waals surface area contributed by atoms with E-state index in [2.05, 4.69) is 45.7 Å². The van der Waals surface area contributed by atoms with Gasteiger partial charge in [0, 0.05) is 22.9 Å². The van der Waals surface area contributed by atoms with Crippen molar-refractivity contribution in [3.05, 3.63) is 58.4 Å². The van der Waals surface area contributed by atoms with Crippen LogP contribution in [0.15, 0.2) is 47.8 Å². The van der Waals surface area contributed by atoms with Crippen LogP contribution < -0.4 is 5.43 Å². The Hall–Kier alpha value is -2.71. The predicted octanol–water partition coefficient (Wildman–Crippen LogP) is 4.34. The van der Waals surface area contributed by atoms with E-state index >= 15 is 0 Å². The molecular weight excluding hydrogens is 364 g/mol. The first-order chi connectivity index (χ1) is 12.7. The van der Waals surface area contributed by atoms with E-state index in [9.17, 15) is 0 Å². The normalized spacial score (nSPS) is 13.0. The van der Waals surface area contributed by atoms with E-state index in [1.807, 2.05) is 22.9 Å². The van der Waals surface area contributed by atoms with Crippen molar-refractivity contribution in [1.29, 1.82) is 0 Å². The maximum Gasteiger partial charge on any atom is 0.210 e. The first kappa shape index (κ1) is 15.5. The lowest BCUT2D eigenvalue weighted by atomic mass is 10.1. The number of fused-ring (bicyclic) bond motifs is 3. The molecule has 1 aliphatic heterocycles. The van der Waals surface area contributed by atoms with Crippen LogP contribution in [0, 0.1) is 11.6 Å². The van der Waals surface area contributed by atoms with Crippen molar-refractivity contribution in [2.24, 2.45) is 0 Å².